The van der Waals surface area contributed by atoms with Crippen molar-refractivity contribution in [3.63, 3.8) is 0 Å². The van der Waals surface area contributed by atoms with Crippen LogP contribution in [0.3, 0.4) is 0 Å². The minimum absolute atomic E-state index is 0. The summed E-state index contributed by atoms with van der Waals surface area (Å²) in [7, 11) is 0. The summed E-state index contributed by atoms with van der Waals surface area (Å²) in [5, 5.41) is 0. The maximum atomic E-state index is 10.2. The molecule has 0 aromatic carbocycles. The molecule has 0 aromatic rings. The first-order valence-corrected chi connectivity index (χ1v) is 3.00. The number of carbonyl (C=O) groups excluding carboxylic acids is 1. The van der Waals surface area contributed by atoms with Gasteiger partial charge >= 0.3 is 50.6 Å². The molecule has 2 nitrogen and oxygen atoms in total. The second-order valence-electron chi connectivity index (χ2n) is 1.33. The minimum atomic E-state index is -0.292. The number of nitrogens with two attached hydrogens (primary N) is 1. The molecule has 1 radical (unpaired) electrons. The third-order valence-corrected chi connectivity index (χ3v) is 1.38. The Morgan fingerprint density at radius 2 is 2.25 bits per heavy atom. The van der Waals surface area contributed by atoms with Crippen LogP contribution >= 0.6 is 12.4 Å². The third kappa shape index (κ3) is 4.59. The standard InChI is InChI=1S/C4H8NOSe.ClH/c1-2-3(5)4(6)7;/h3H,2,5H2,1H3;1H/t3-;/m0./s1. The largest absolute Gasteiger partial charge is 0.147 e. The summed E-state index contributed by atoms with van der Waals surface area (Å²) in [6, 6.07) is -0.292. The van der Waals surface area contributed by atoms with Gasteiger partial charge in [-0.05, 0) is 0 Å². The van der Waals surface area contributed by atoms with Crippen molar-refractivity contribution in [2.45, 2.75) is 19.4 Å². The number of rotatable bonds is 2. The average Bonchev–Trinajstić information content (AvgIpc) is 1.65. The van der Waals surface area contributed by atoms with E-state index in [1.54, 1.807) is 0 Å². The van der Waals surface area contributed by atoms with Gasteiger partial charge < -0.3 is 0 Å². The monoisotopic (exact) mass is 202 g/mol. The molecular weight excluding hydrogens is 192 g/mol. The summed E-state index contributed by atoms with van der Waals surface area (Å²) >= 11 is 2.33. The van der Waals surface area contributed by atoms with Gasteiger partial charge in [-0.3, -0.25) is 0 Å². The molecule has 0 aromatic heterocycles. The van der Waals surface area contributed by atoms with E-state index in [0.29, 0.717) is 6.42 Å². The SMILES string of the molecule is CC[C@H](N)C(=O)[Se].Cl. The molecule has 2 N–H and O–H groups in total. The van der Waals surface area contributed by atoms with Gasteiger partial charge in [0, 0.05) is 0 Å². The van der Waals surface area contributed by atoms with Crippen LogP contribution in [0.1, 0.15) is 13.3 Å². The Morgan fingerprint density at radius 1 is 1.88 bits per heavy atom. The Kier molecular flexibility index (Phi) is 7.85. The molecule has 0 aliphatic rings. The number of hydrogen-bond acceptors (Lipinski definition) is 2. The van der Waals surface area contributed by atoms with Crippen LogP contribution in [0.25, 0.3) is 0 Å². The van der Waals surface area contributed by atoms with Crippen LogP contribution < -0.4 is 5.73 Å². The molecule has 0 aliphatic carbocycles. The van der Waals surface area contributed by atoms with Gasteiger partial charge in [0.1, 0.15) is 0 Å². The van der Waals surface area contributed by atoms with Gasteiger partial charge in [-0.1, -0.05) is 0 Å². The summed E-state index contributed by atoms with van der Waals surface area (Å²) < 4.78 is -0.0532. The van der Waals surface area contributed by atoms with E-state index in [4.69, 9.17) is 5.73 Å². The van der Waals surface area contributed by atoms with Gasteiger partial charge in [-0.15, -0.1) is 12.4 Å². The van der Waals surface area contributed by atoms with Gasteiger partial charge in [-0.25, -0.2) is 0 Å². The Bertz CT molecular complexity index is 78.4. The van der Waals surface area contributed by atoms with Crippen molar-refractivity contribution >= 4 is 33.1 Å². The second-order valence-corrected chi connectivity index (χ2v) is 2.18. The maximum absolute atomic E-state index is 10.2. The van der Waals surface area contributed by atoms with Crippen LogP contribution in [0.15, 0.2) is 0 Å². The third-order valence-electron chi connectivity index (χ3n) is 0.743. The number of carbonyl (C=O) groups is 1. The van der Waals surface area contributed by atoms with Gasteiger partial charge in [0.05, 0.1) is 0 Å². The van der Waals surface area contributed by atoms with E-state index in [1.807, 2.05) is 6.92 Å². The molecule has 4 heteroatoms. The molecule has 0 fully saturated rings. The van der Waals surface area contributed by atoms with Crippen molar-refractivity contribution < 1.29 is 4.79 Å². The van der Waals surface area contributed by atoms with E-state index in [9.17, 15) is 4.79 Å². The van der Waals surface area contributed by atoms with Crippen molar-refractivity contribution in [1.29, 1.82) is 0 Å². The molecular formula is C4H9ClNOSe. The second kappa shape index (κ2) is 5.57. The average molecular weight is 202 g/mol. The van der Waals surface area contributed by atoms with Crippen LogP contribution in [0.4, 0.5) is 0 Å². The van der Waals surface area contributed by atoms with Gasteiger partial charge in [0.2, 0.25) is 0 Å². The molecule has 0 saturated heterocycles. The predicted octanol–water partition coefficient (Wildman–Crippen LogP) is -0.159. The van der Waals surface area contributed by atoms with Crippen molar-refractivity contribution in [3.8, 4) is 0 Å². The summed E-state index contributed by atoms with van der Waals surface area (Å²) in [6.45, 7) is 1.87. The Labute approximate surface area is 63.4 Å². The quantitative estimate of drug-likeness (QED) is 0.631. The summed E-state index contributed by atoms with van der Waals surface area (Å²) in [4.78, 5) is 10.2. The fraction of sp³-hybridized carbons (Fsp3) is 0.750. The molecule has 0 saturated carbocycles. The first-order valence-electron chi connectivity index (χ1n) is 2.15. The van der Waals surface area contributed by atoms with Crippen LogP contribution in [0.2, 0.25) is 0 Å². The molecule has 0 aliphatic heterocycles. The fourth-order valence-corrected chi connectivity index (χ4v) is 0.516. The molecule has 1 atom stereocenters. The van der Waals surface area contributed by atoms with E-state index >= 15 is 0 Å². The number of halogens is 1. The molecule has 8 heavy (non-hydrogen) atoms. The molecule has 0 unspecified atom stereocenters. The minimum Gasteiger partial charge on any atom is -0.147 e. The molecule has 0 rings (SSSR count). The Morgan fingerprint density at radius 3 is 2.25 bits per heavy atom. The Balaban J connectivity index is 0. The van der Waals surface area contributed by atoms with Gasteiger partial charge in [0.25, 0.3) is 0 Å². The number of hydrogen-bond donors (Lipinski definition) is 1. The molecule has 0 amide bonds. The van der Waals surface area contributed by atoms with Crippen LogP contribution in [0, 0.1) is 0 Å². The van der Waals surface area contributed by atoms with Crippen molar-refractivity contribution in [1.82, 2.24) is 0 Å². The summed E-state index contributed by atoms with van der Waals surface area (Å²) in [5.41, 5.74) is 5.23. The predicted molar refractivity (Wildman–Crippen MR) is 36.3 cm³/mol. The zero-order chi connectivity index (χ0) is 5.86. The van der Waals surface area contributed by atoms with E-state index in [-0.39, 0.29) is 23.1 Å². The normalized spacial score (nSPS) is 11.8. The maximum Gasteiger partial charge on any atom is -0.147 e. The fourth-order valence-electron chi connectivity index (χ4n) is 0.167. The first-order chi connectivity index (χ1) is 3.18. The zero-order valence-corrected chi connectivity index (χ0v) is 7.12. The van der Waals surface area contributed by atoms with E-state index in [2.05, 4.69) is 16.0 Å². The van der Waals surface area contributed by atoms with Crippen molar-refractivity contribution in [2.75, 3.05) is 0 Å². The molecule has 0 heterocycles. The smallest absolute Gasteiger partial charge is 0.147 e. The molecule has 0 spiro atoms. The van der Waals surface area contributed by atoms with Gasteiger partial charge in [-0.2, -0.15) is 0 Å². The Hall–Kier alpha value is 0.439. The van der Waals surface area contributed by atoms with E-state index < -0.39 is 0 Å². The van der Waals surface area contributed by atoms with Gasteiger partial charge in [0.15, 0.2) is 0 Å². The van der Waals surface area contributed by atoms with Crippen molar-refractivity contribution in [3.05, 3.63) is 0 Å². The van der Waals surface area contributed by atoms with Crippen LogP contribution in [-0.4, -0.2) is 26.7 Å². The first kappa shape index (κ1) is 11.3. The summed E-state index contributed by atoms with van der Waals surface area (Å²) in [5.74, 6) is 0. The molecule has 0 bridgehead atoms. The zero-order valence-electron chi connectivity index (χ0n) is 4.59. The van der Waals surface area contributed by atoms with Crippen LogP contribution in [-0.2, 0) is 4.79 Å². The summed E-state index contributed by atoms with van der Waals surface area (Å²) in [6.07, 6.45) is 0.714. The van der Waals surface area contributed by atoms with E-state index in [1.165, 1.54) is 0 Å². The van der Waals surface area contributed by atoms with Crippen molar-refractivity contribution in [2.24, 2.45) is 5.73 Å². The van der Waals surface area contributed by atoms with Crippen LogP contribution in [0.5, 0.6) is 0 Å². The van der Waals surface area contributed by atoms with E-state index in [0.717, 1.165) is 0 Å². The molecule has 49 valence electrons. The topological polar surface area (TPSA) is 43.1 Å².